The predicted molar refractivity (Wildman–Crippen MR) is 81.6 cm³/mol. The van der Waals surface area contributed by atoms with Gasteiger partial charge in [-0.25, -0.2) is 4.98 Å². The number of nitrogens with one attached hydrogen (secondary N) is 1. The first-order valence-electron chi connectivity index (χ1n) is 8.15. The van der Waals surface area contributed by atoms with E-state index in [4.69, 9.17) is 0 Å². The molecule has 20 heavy (non-hydrogen) atoms. The Bertz CT molecular complexity index is 411. The molecule has 0 amide bonds. The molecule has 4 heteroatoms. The van der Waals surface area contributed by atoms with Crippen molar-refractivity contribution in [1.29, 1.82) is 0 Å². The highest BCUT2D eigenvalue weighted by Gasteiger charge is 2.33. The maximum absolute atomic E-state index is 4.56. The molecule has 4 nitrogen and oxygen atoms in total. The summed E-state index contributed by atoms with van der Waals surface area (Å²) in [5, 5.41) is 3.19. The molecular formula is C16H26N4. The van der Waals surface area contributed by atoms with E-state index in [-0.39, 0.29) is 0 Å². The van der Waals surface area contributed by atoms with E-state index >= 15 is 0 Å². The number of hydrogen-bond donors (Lipinski definition) is 1. The molecule has 1 aromatic heterocycles. The molecule has 1 N–H and O–H groups in total. The third-order valence-corrected chi connectivity index (χ3v) is 4.79. The SMILES string of the molecule is CCNc1cnc(CN2CCCC2C2CCCC2)cn1. The summed E-state index contributed by atoms with van der Waals surface area (Å²) in [6.07, 6.45) is 12.3. The third-order valence-electron chi connectivity index (χ3n) is 4.79. The van der Waals surface area contributed by atoms with Crippen LogP contribution in [0.4, 0.5) is 5.82 Å². The smallest absolute Gasteiger partial charge is 0.144 e. The van der Waals surface area contributed by atoms with E-state index in [0.717, 1.165) is 36.6 Å². The van der Waals surface area contributed by atoms with Crippen LogP contribution in [0.1, 0.15) is 51.1 Å². The Morgan fingerprint density at radius 1 is 1.15 bits per heavy atom. The Kier molecular flexibility index (Phi) is 4.51. The van der Waals surface area contributed by atoms with E-state index in [2.05, 4.69) is 27.1 Å². The van der Waals surface area contributed by atoms with Gasteiger partial charge in [-0.05, 0) is 45.1 Å². The summed E-state index contributed by atoms with van der Waals surface area (Å²) in [4.78, 5) is 11.6. The van der Waals surface area contributed by atoms with Crippen LogP contribution >= 0.6 is 0 Å². The monoisotopic (exact) mass is 274 g/mol. The quantitative estimate of drug-likeness (QED) is 0.896. The minimum absolute atomic E-state index is 0.799. The number of hydrogen-bond acceptors (Lipinski definition) is 4. The Hall–Kier alpha value is -1.16. The van der Waals surface area contributed by atoms with Crippen LogP contribution in [-0.2, 0) is 6.54 Å². The van der Waals surface area contributed by atoms with Gasteiger partial charge in [0, 0.05) is 19.1 Å². The van der Waals surface area contributed by atoms with Crippen molar-refractivity contribution < 1.29 is 0 Å². The second-order valence-electron chi connectivity index (χ2n) is 6.15. The summed E-state index contributed by atoms with van der Waals surface area (Å²) in [5.74, 6) is 1.82. The molecule has 0 radical (unpaired) electrons. The number of rotatable bonds is 5. The molecule has 2 heterocycles. The second-order valence-corrected chi connectivity index (χ2v) is 6.15. The minimum Gasteiger partial charge on any atom is -0.369 e. The molecule has 0 bridgehead atoms. The lowest BCUT2D eigenvalue weighted by Gasteiger charge is -2.29. The Morgan fingerprint density at radius 3 is 2.70 bits per heavy atom. The molecule has 1 aromatic rings. The summed E-state index contributed by atoms with van der Waals surface area (Å²) in [6, 6.07) is 0.799. The van der Waals surface area contributed by atoms with E-state index in [9.17, 15) is 0 Å². The van der Waals surface area contributed by atoms with Crippen LogP contribution < -0.4 is 5.32 Å². The van der Waals surface area contributed by atoms with Crippen molar-refractivity contribution in [2.75, 3.05) is 18.4 Å². The molecule has 1 unspecified atom stereocenters. The summed E-state index contributed by atoms with van der Waals surface area (Å²) >= 11 is 0. The van der Waals surface area contributed by atoms with Gasteiger partial charge in [-0.1, -0.05) is 12.8 Å². The van der Waals surface area contributed by atoms with E-state index < -0.39 is 0 Å². The van der Waals surface area contributed by atoms with Gasteiger partial charge in [0.25, 0.3) is 0 Å². The highest BCUT2D eigenvalue weighted by molar-refractivity contribution is 5.30. The standard InChI is InChI=1S/C16H26N4/c1-2-17-16-11-18-14(10-19-16)12-20-9-5-8-15(20)13-6-3-4-7-13/h10-11,13,15H,2-9,12H2,1H3,(H,17,19). The number of anilines is 1. The summed E-state index contributed by atoms with van der Waals surface area (Å²) < 4.78 is 0. The van der Waals surface area contributed by atoms with Crippen molar-refractivity contribution >= 4 is 5.82 Å². The van der Waals surface area contributed by atoms with Crippen molar-refractivity contribution in [2.45, 2.75) is 58.0 Å². The zero-order chi connectivity index (χ0) is 13.8. The molecule has 1 atom stereocenters. The molecule has 0 spiro atoms. The normalized spacial score (nSPS) is 24.4. The zero-order valence-electron chi connectivity index (χ0n) is 12.5. The maximum Gasteiger partial charge on any atom is 0.144 e. The predicted octanol–water partition coefficient (Wildman–Crippen LogP) is 3.06. The second kappa shape index (κ2) is 6.53. The molecular weight excluding hydrogens is 248 g/mol. The minimum atomic E-state index is 0.799. The first-order valence-corrected chi connectivity index (χ1v) is 8.15. The van der Waals surface area contributed by atoms with Gasteiger partial charge in [0.2, 0.25) is 0 Å². The first kappa shape index (κ1) is 13.8. The van der Waals surface area contributed by atoms with Gasteiger partial charge in [0.15, 0.2) is 0 Å². The van der Waals surface area contributed by atoms with Crippen LogP contribution in [0.15, 0.2) is 12.4 Å². The highest BCUT2D eigenvalue weighted by atomic mass is 15.2. The van der Waals surface area contributed by atoms with Gasteiger partial charge < -0.3 is 5.32 Å². The molecule has 110 valence electrons. The Balaban J connectivity index is 1.60. The fourth-order valence-corrected chi connectivity index (χ4v) is 3.84. The topological polar surface area (TPSA) is 41.1 Å². The summed E-state index contributed by atoms with van der Waals surface area (Å²) in [6.45, 7) is 5.17. The fourth-order valence-electron chi connectivity index (χ4n) is 3.84. The maximum atomic E-state index is 4.56. The molecule has 2 aliphatic rings. The number of nitrogens with zero attached hydrogens (tertiary/aromatic N) is 3. The van der Waals surface area contributed by atoms with Crippen molar-refractivity contribution in [3.63, 3.8) is 0 Å². The van der Waals surface area contributed by atoms with E-state index in [1.807, 2.05) is 12.4 Å². The van der Waals surface area contributed by atoms with Crippen molar-refractivity contribution in [3.05, 3.63) is 18.1 Å². The van der Waals surface area contributed by atoms with E-state index in [0.29, 0.717) is 0 Å². The Morgan fingerprint density at radius 2 is 2.00 bits per heavy atom. The average Bonchev–Trinajstić information content (AvgIpc) is 3.12. The molecule has 1 aliphatic carbocycles. The molecule has 0 aromatic carbocycles. The Labute approximate surface area is 122 Å². The lowest BCUT2D eigenvalue weighted by Crippen LogP contribution is -2.34. The van der Waals surface area contributed by atoms with Gasteiger partial charge in [0.05, 0.1) is 18.1 Å². The van der Waals surface area contributed by atoms with Crippen LogP contribution in [0.5, 0.6) is 0 Å². The van der Waals surface area contributed by atoms with Gasteiger partial charge in [-0.15, -0.1) is 0 Å². The van der Waals surface area contributed by atoms with Crippen LogP contribution in [0.3, 0.4) is 0 Å². The van der Waals surface area contributed by atoms with Gasteiger partial charge in [-0.2, -0.15) is 0 Å². The fraction of sp³-hybridized carbons (Fsp3) is 0.750. The summed E-state index contributed by atoms with van der Waals surface area (Å²) in [5.41, 5.74) is 1.11. The first-order chi connectivity index (χ1) is 9.86. The third kappa shape index (κ3) is 3.11. The van der Waals surface area contributed by atoms with E-state index in [1.165, 1.54) is 45.1 Å². The lowest BCUT2D eigenvalue weighted by atomic mass is 9.96. The molecule has 1 saturated heterocycles. The van der Waals surface area contributed by atoms with Gasteiger partial charge in [-0.3, -0.25) is 9.88 Å². The molecule has 3 rings (SSSR count). The lowest BCUT2D eigenvalue weighted by molar-refractivity contribution is 0.181. The van der Waals surface area contributed by atoms with Gasteiger partial charge >= 0.3 is 0 Å². The van der Waals surface area contributed by atoms with Crippen LogP contribution in [0.25, 0.3) is 0 Å². The molecule has 1 aliphatic heterocycles. The average molecular weight is 274 g/mol. The zero-order valence-corrected chi connectivity index (χ0v) is 12.5. The van der Waals surface area contributed by atoms with Crippen LogP contribution in [0.2, 0.25) is 0 Å². The highest BCUT2D eigenvalue weighted by Crippen LogP contribution is 2.35. The number of aromatic nitrogens is 2. The van der Waals surface area contributed by atoms with Crippen LogP contribution in [0, 0.1) is 5.92 Å². The summed E-state index contributed by atoms with van der Waals surface area (Å²) in [7, 11) is 0. The van der Waals surface area contributed by atoms with Crippen molar-refractivity contribution in [2.24, 2.45) is 5.92 Å². The van der Waals surface area contributed by atoms with Gasteiger partial charge in [0.1, 0.15) is 5.82 Å². The van der Waals surface area contributed by atoms with Crippen LogP contribution in [-0.4, -0.2) is 34.0 Å². The molecule has 2 fully saturated rings. The van der Waals surface area contributed by atoms with Crippen molar-refractivity contribution in [1.82, 2.24) is 14.9 Å². The van der Waals surface area contributed by atoms with Crippen molar-refractivity contribution in [3.8, 4) is 0 Å². The molecule has 1 saturated carbocycles. The largest absolute Gasteiger partial charge is 0.369 e. The number of likely N-dealkylation sites (tertiary alicyclic amines) is 1. The van der Waals surface area contributed by atoms with E-state index in [1.54, 1.807) is 0 Å².